The van der Waals surface area contributed by atoms with E-state index in [2.05, 4.69) is 20.6 Å². The first-order valence-electron chi connectivity index (χ1n) is 3.16. The SMILES string of the molecule is Cc1ccc(-c2nn[nH]n2)s1.[HH]. The Morgan fingerprint density at radius 3 is 3.00 bits per heavy atom. The van der Waals surface area contributed by atoms with Crippen LogP contribution in [0.4, 0.5) is 0 Å². The zero-order valence-electron chi connectivity index (χ0n) is 5.90. The number of aryl methyl sites for hydroxylation is 1. The van der Waals surface area contributed by atoms with Crippen LogP contribution in [0.2, 0.25) is 0 Å². The minimum atomic E-state index is 0. The normalized spacial score (nSPS) is 10.3. The van der Waals surface area contributed by atoms with E-state index in [0.717, 1.165) is 4.88 Å². The highest BCUT2D eigenvalue weighted by molar-refractivity contribution is 7.15. The fraction of sp³-hybridized carbons (Fsp3) is 0.167. The van der Waals surface area contributed by atoms with Crippen molar-refractivity contribution >= 4 is 11.3 Å². The summed E-state index contributed by atoms with van der Waals surface area (Å²) in [6.45, 7) is 2.05. The molecule has 0 radical (unpaired) electrons. The van der Waals surface area contributed by atoms with Crippen LogP contribution >= 0.6 is 11.3 Å². The summed E-state index contributed by atoms with van der Waals surface area (Å²) >= 11 is 1.66. The van der Waals surface area contributed by atoms with Gasteiger partial charge in [-0.1, -0.05) is 0 Å². The maximum Gasteiger partial charge on any atom is 0.214 e. The number of tetrazole rings is 1. The van der Waals surface area contributed by atoms with Crippen molar-refractivity contribution in [3.05, 3.63) is 17.0 Å². The molecule has 2 rings (SSSR count). The average Bonchev–Trinajstić information content (AvgIpc) is 2.55. The van der Waals surface area contributed by atoms with E-state index in [0.29, 0.717) is 5.82 Å². The van der Waals surface area contributed by atoms with Crippen LogP contribution in [-0.4, -0.2) is 20.6 Å². The molecule has 0 aliphatic rings. The summed E-state index contributed by atoms with van der Waals surface area (Å²) in [5, 5.41) is 13.6. The molecule has 0 aromatic carbocycles. The molecule has 58 valence electrons. The van der Waals surface area contributed by atoms with Crippen molar-refractivity contribution in [3.8, 4) is 10.7 Å². The third-order valence-electron chi connectivity index (χ3n) is 1.31. The number of hydrogen-bond acceptors (Lipinski definition) is 4. The first kappa shape index (κ1) is 6.48. The minimum absolute atomic E-state index is 0. The van der Waals surface area contributed by atoms with Gasteiger partial charge in [0, 0.05) is 6.30 Å². The third-order valence-corrected chi connectivity index (χ3v) is 2.30. The number of hydrogen-bond donors (Lipinski definition) is 1. The Labute approximate surface area is 68.8 Å². The van der Waals surface area contributed by atoms with Crippen molar-refractivity contribution in [3.63, 3.8) is 0 Å². The van der Waals surface area contributed by atoms with E-state index < -0.39 is 0 Å². The van der Waals surface area contributed by atoms with E-state index in [4.69, 9.17) is 0 Å². The number of rotatable bonds is 1. The monoisotopic (exact) mass is 168 g/mol. The molecule has 1 N–H and O–H groups in total. The summed E-state index contributed by atoms with van der Waals surface area (Å²) in [7, 11) is 0. The maximum absolute atomic E-state index is 3.86. The molecule has 0 aliphatic carbocycles. The lowest BCUT2D eigenvalue weighted by molar-refractivity contribution is 0.881. The quantitative estimate of drug-likeness (QED) is 0.701. The van der Waals surface area contributed by atoms with Gasteiger partial charge in [0.25, 0.3) is 0 Å². The molecule has 4 nitrogen and oxygen atoms in total. The Morgan fingerprint density at radius 2 is 2.45 bits per heavy atom. The number of aromatic nitrogens is 4. The summed E-state index contributed by atoms with van der Waals surface area (Å²) in [6.07, 6.45) is 0. The predicted octanol–water partition coefficient (Wildman–Crippen LogP) is 1.48. The van der Waals surface area contributed by atoms with Gasteiger partial charge in [-0.25, -0.2) is 0 Å². The minimum Gasteiger partial charge on any atom is -0.177 e. The van der Waals surface area contributed by atoms with Crippen LogP contribution in [-0.2, 0) is 0 Å². The van der Waals surface area contributed by atoms with Crippen molar-refractivity contribution in [2.24, 2.45) is 0 Å². The smallest absolute Gasteiger partial charge is 0.177 e. The molecule has 2 aromatic heterocycles. The molecule has 0 amide bonds. The fourth-order valence-electron chi connectivity index (χ4n) is 0.821. The molecule has 0 unspecified atom stereocenters. The van der Waals surface area contributed by atoms with Crippen molar-refractivity contribution in [1.29, 1.82) is 0 Å². The van der Waals surface area contributed by atoms with E-state index in [9.17, 15) is 0 Å². The number of aromatic amines is 1. The Kier molecular flexibility index (Phi) is 1.43. The molecular formula is C6H8N4S. The van der Waals surface area contributed by atoms with E-state index in [1.54, 1.807) is 11.3 Å². The van der Waals surface area contributed by atoms with Gasteiger partial charge in [0.15, 0.2) is 0 Å². The molecule has 2 heterocycles. The van der Waals surface area contributed by atoms with Gasteiger partial charge < -0.3 is 0 Å². The van der Waals surface area contributed by atoms with Crippen molar-refractivity contribution in [1.82, 2.24) is 20.6 Å². The largest absolute Gasteiger partial charge is 0.214 e. The second-order valence-electron chi connectivity index (χ2n) is 2.15. The van der Waals surface area contributed by atoms with Crippen LogP contribution in [0.15, 0.2) is 12.1 Å². The molecule has 0 saturated carbocycles. The van der Waals surface area contributed by atoms with Gasteiger partial charge >= 0.3 is 0 Å². The molecule has 0 aliphatic heterocycles. The number of nitrogens with zero attached hydrogens (tertiary/aromatic N) is 3. The highest BCUT2D eigenvalue weighted by Gasteiger charge is 2.03. The first-order valence-corrected chi connectivity index (χ1v) is 3.98. The average molecular weight is 168 g/mol. The number of nitrogens with one attached hydrogen (secondary N) is 1. The van der Waals surface area contributed by atoms with Crippen molar-refractivity contribution < 1.29 is 1.43 Å². The summed E-state index contributed by atoms with van der Waals surface area (Å²) in [6, 6.07) is 4.03. The van der Waals surface area contributed by atoms with Crippen LogP contribution < -0.4 is 0 Å². The van der Waals surface area contributed by atoms with Crippen LogP contribution in [0, 0.1) is 6.92 Å². The molecule has 0 bridgehead atoms. The molecule has 0 spiro atoms. The fourth-order valence-corrected chi connectivity index (χ4v) is 1.62. The zero-order chi connectivity index (χ0) is 7.68. The molecule has 2 aromatic rings. The third kappa shape index (κ3) is 1.14. The molecule has 0 saturated heterocycles. The highest BCUT2D eigenvalue weighted by Crippen LogP contribution is 2.23. The summed E-state index contributed by atoms with van der Waals surface area (Å²) in [5.41, 5.74) is 0. The van der Waals surface area contributed by atoms with Crippen LogP contribution in [0.5, 0.6) is 0 Å². The molecule has 0 atom stereocenters. The highest BCUT2D eigenvalue weighted by atomic mass is 32.1. The van der Waals surface area contributed by atoms with Gasteiger partial charge in [-0.3, -0.25) is 0 Å². The number of thiophene rings is 1. The van der Waals surface area contributed by atoms with Gasteiger partial charge in [-0.2, -0.15) is 5.21 Å². The lowest BCUT2D eigenvalue weighted by Gasteiger charge is -1.81. The molecular weight excluding hydrogens is 160 g/mol. The van der Waals surface area contributed by atoms with E-state index in [1.807, 2.05) is 19.1 Å². The summed E-state index contributed by atoms with van der Waals surface area (Å²) in [5.74, 6) is 0.670. The second kappa shape index (κ2) is 2.43. The van der Waals surface area contributed by atoms with Gasteiger partial charge in [0.2, 0.25) is 5.82 Å². The lowest BCUT2D eigenvalue weighted by Crippen LogP contribution is -1.73. The number of H-pyrrole nitrogens is 1. The summed E-state index contributed by atoms with van der Waals surface area (Å²) < 4.78 is 0. The molecule has 11 heavy (non-hydrogen) atoms. The topological polar surface area (TPSA) is 54.5 Å². The Bertz CT molecular complexity index is 342. The van der Waals surface area contributed by atoms with E-state index >= 15 is 0 Å². The van der Waals surface area contributed by atoms with Crippen LogP contribution in [0.25, 0.3) is 10.7 Å². The van der Waals surface area contributed by atoms with E-state index in [1.165, 1.54) is 4.88 Å². The van der Waals surface area contributed by atoms with Gasteiger partial charge in [-0.15, -0.1) is 21.5 Å². The Morgan fingerprint density at radius 1 is 1.55 bits per heavy atom. The van der Waals surface area contributed by atoms with Crippen molar-refractivity contribution in [2.45, 2.75) is 6.92 Å². The summed E-state index contributed by atoms with van der Waals surface area (Å²) in [4.78, 5) is 2.31. The van der Waals surface area contributed by atoms with E-state index in [-0.39, 0.29) is 1.43 Å². The van der Waals surface area contributed by atoms with Gasteiger partial charge in [0.1, 0.15) is 0 Å². The molecule has 5 heteroatoms. The second-order valence-corrected chi connectivity index (χ2v) is 3.43. The zero-order valence-corrected chi connectivity index (χ0v) is 6.72. The Hall–Kier alpha value is -1.23. The first-order chi connectivity index (χ1) is 5.36. The Balaban J connectivity index is 0.000000720. The van der Waals surface area contributed by atoms with Gasteiger partial charge in [0.05, 0.1) is 4.88 Å². The van der Waals surface area contributed by atoms with Crippen LogP contribution in [0.1, 0.15) is 6.30 Å². The lowest BCUT2D eigenvalue weighted by atomic mass is 10.4. The standard InChI is InChI=1S/C6H6N4S.H2/c1-4-2-3-5(11-4)6-7-9-10-8-6;/h2-3H,1H3,(H,7,8,9,10);1H. The van der Waals surface area contributed by atoms with Crippen molar-refractivity contribution in [2.75, 3.05) is 0 Å². The molecule has 0 fully saturated rings. The van der Waals surface area contributed by atoms with Gasteiger partial charge in [-0.05, 0) is 24.3 Å². The van der Waals surface area contributed by atoms with Crippen LogP contribution in [0.3, 0.4) is 0 Å². The maximum atomic E-state index is 3.86. The predicted molar refractivity (Wildman–Crippen MR) is 44.3 cm³/mol.